The van der Waals surface area contributed by atoms with Crippen molar-refractivity contribution < 1.29 is 14.1 Å². The normalized spacial score (nSPS) is 19.2. The minimum absolute atomic E-state index is 0.0467. The second-order valence-electron chi connectivity index (χ2n) is 7.77. The second-order valence-corrected chi connectivity index (χ2v) is 7.77. The Morgan fingerprint density at radius 1 is 1.17 bits per heavy atom. The van der Waals surface area contributed by atoms with Gasteiger partial charge in [0.1, 0.15) is 0 Å². The largest absolute Gasteiger partial charge is 0.494 e. The minimum atomic E-state index is -0.447. The number of rotatable bonds is 4. The molecule has 23 heavy (non-hydrogen) atoms. The molecule has 0 radical (unpaired) electrons. The van der Waals surface area contributed by atoms with E-state index in [1.165, 1.54) is 0 Å². The molecular formula is C18H28BNO3. The first-order valence-corrected chi connectivity index (χ1v) is 8.28. The molecule has 2 rings (SSSR count). The Bertz CT molecular complexity index is 580. The maximum absolute atomic E-state index is 12.4. The molecule has 0 saturated carbocycles. The van der Waals surface area contributed by atoms with Crippen LogP contribution in [-0.2, 0) is 9.31 Å². The van der Waals surface area contributed by atoms with Gasteiger partial charge in [-0.25, -0.2) is 0 Å². The van der Waals surface area contributed by atoms with Gasteiger partial charge in [-0.3, -0.25) is 4.79 Å². The van der Waals surface area contributed by atoms with Crippen LogP contribution in [0.3, 0.4) is 0 Å². The van der Waals surface area contributed by atoms with Crippen molar-refractivity contribution in [2.75, 3.05) is 6.54 Å². The summed E-state index contributed by atoms with van der Waals surface area (Å²) in [5.74, 6) is 0.375. The first kappa shape index (κ1) is 18.0. The van der Waals surface area contributed by atoms with Gasteiger partial charge in [-0.1, -0.05) is 26.0 Å². The zero-order valence-corrected chi connectivity index (χ0v) is 15.3. The fourth-order valence-electron chi connectivity index (χ4n) is 2.40. The third-order valence-electron chi connectivity index (χ3n) is 4.70. The molecule has 0 bridgehead atoms. The highest BCUT2D eigenvalue weighted by atomic mass is 16.7. The summed E-state index contributed by atoms with van der Waals surface area (Å²) in [6.07, 6.45) is 0. The quantitative estimate of drug-likeness (QED) is 0.869. The first-order chi connectivity index (χ1) is 10.5. The molecular weight excluding hydrogens is 289 g/mol. The average Bonchev–Trinajstić information content (AvgIpc) is 2.65. The van der Waals surface area contributed by atoms with E-state index in [0.717, 1.165) is 11.0 Å². The standard InChI is InChI=1S/C18H28BNO3/c1-12(2)11-20-16(21)15-10-14(9-8-13(15)3)19-22-17(4,5)18(6,7)23-19/h8-10,12H,11H2,1-7H3,(H,20,21). The first-order valence-electron chi connectivity index (χ1n) is 8.28. The van der Waals surface area contributed by atoms with Crippen molar-refractivity contribution in [1.29, 1.82) is 0 Å². The highest BCUT2D eigenvalue weighted by Crippen LogP contribution is 2.36. The maximum Gasteiger partial charge on any atom is 0.494 e. The Labute approximate surface area is 140 Å². The number of hydrogen-bond donors (Lipinski definition) is 1. The number of nitrogens with one attached hydrogen (secondary N) is 1. The predicted molar refractivity (Wildman–Crippen MR) is 94.1 cm³/mol. The number of carbonyl (C=O) groups excluding carboxylic acids is 1. The third kappa shape index (κ3) is 3.78. The summed E-state index contributed by atoms with van der Waals surface area (Å²) >= 11 is 0. The summed E-state index contributed by atoms with van der Waals surface area (Å²) in [6, 6.07) is 5.80. The molecule has 0 atom stereocenters. The van der Waals surface area contributed by atoms with Gasteiger partial charge in [-0.2, -0.15) is 0 Å². The molecule has 1 saturated heterocycles. The lowest BCUT2D eigenvalue weighted by Crippen LogP contribution is -2.41. The van der Waals surface area contributed by atoms with Crippen molar-refractivity contribution in [2.45, 2.75) is 59.7 Å². The van der Waals surface area contributed by atoms with E-state index in [1.807, 2.05) is 52.8 Å². The van der Waals surface area contributed by atoms with E-state index in [4.69, 9.17) is 9.31 Å². The van der Waals surface area contributed by atoms with Crippen molar-refractivity contribution in [3.8, 4) is 0 Å². The van der Waals surface area contributed by atoms with E-state index in [2.05, 4.69) is 19.2 Å². The molecule has 1 aromatic carbocycles. The molecule has 1 fully saturated rings. The molecule has 1 aliphatic heterocycles. The Balaban J connectivity index is 2.23. The fraction of sp³-hybridized carbons (Fsp3) is 0.611. The summed E-state index contributed by atoms with van der Waals surface area (Å²) in [6.45, 7) is 14.9. The number of aryl methyl sites for hydroxylation is 1. The Hall–Kier alpha value is -1.33. The lowest BCUT2D eigenvalue weighted by molar-refractivity contribution is 0.00578. The zero-order valence-electron chi connectivity index (χ0n) is 15.3. The zero-order chi connectivity index (χ0) is 17.4. The SMILES string of the molecule is Cc1ccc(B2OC(C)(C)C(C)(C)O2)cc1C(=O)NCC(C)C. The monoisotopic (exact) mass is 317 g/mol. The van der Waals surface area contributed by atoms with Gasteiger partial charge in [0.15, 0.2) is 0 Å². The summed E-state index contributed by atoms with van der Waals surface area (Å²) < 4.78 is 12.1. The van der Waals surface area contributed by atoms with Crippen LogP contribution in [0.4, 0.5) is 0 Å². The van der Waals surface area contributed by atoms with Gasteiger partial charge < -0.3 is 14.6 Å². The molecule has 0 unspecified atom stereocenters. The van der Waals surface area contributed by atoms with Gasteiger partial charge in [-0.15, -0.1) is 0 Å². The fourth-order valence-corrected chi connectivity index (χ4v) is 2.40. The van der Waals surface area contributed by atoms with E-state index in [9.17, 15) is 4.79 Å². The highest BCUT2D eigenvalue weighted by molar-refractivity contribution is 6.62. The van der Waals surface area contributed by atoms with Crippen LogP contribution in [0.5, 0.6) is 0 Å². The molecule has 0 spiro atoms. The van der Waals surface area contributed by atoms with Gasteiger partial charge in [0, 0.05) is 12.1 Å². The van der Waals surface area contributed by atoms with Crippen molar-refractivity contribution in [3.05, 3.63) is 29.3 Å². The topological polar surface area (TPSA) is 47.6 Å². The molecule has 4 nitrogen and oxygen atoms in total. The molecule has 5 heteroatoms. The molecule has 126 valence electrons. The third-order valence-corrected chi connectivity index (χ3v) is 4.70. The molecule has 1 N–H and O–H groups in total. The lowest BCUT2D eigenvalue weighted by Gasteiger charge is -2.32. The van der Waals surface area contributed by atoms with E-state index >= 15 is 0 Å². The van der Waals surface area contributed by atoms with E-state index < -0.39 is 7.12 Å². The van der Waals surface area contributed by atoms with Crippen LogP contribution < -0.4 is 10.8 Å². The Morgan fingerprint density at radius 2 is 1.74 bits per heavy atom. The summed E-state index contributed by atoms with van der Waals surface area (Å²) in [5.41, 5.74) is 1.74. The summed E-state index contributed by atoms with van der Waals surface area (Å²) in [4.78, 5) is 12.4. The average molecular weight is 317 g/mol. The molecule has 1 aromatic rings. The highest BCUT2D eigenvalue weighted by Gasteiger charge is 2.51. The molecule has 0 aliphatic carbocycles. The van der Waals surface area contributed by atoms with E-state index in [0.29, 0.717) is 18.0 Å². The smallest absolute Gasteiger partial charge is 0.399 e. The summed E-state index contributed by atoms with van der Waals surface area (Å²) in [7, 11) is -0.447. The van der Waals surface area contributed by atoms with Gasteiger partial charge in [0.2, 0.25) is 0 Å². The van der Waals surface area contributed by atoms with Gasteiger partial charge in [-0.05, 0) is 57.6 Å². The van der Waals surface area contributed by atoms with Crippen LogP contribution in [0.1, 0.15) is 57.5 Å². The van der Waals surface area contributed by atoms with Crippen molar-refractivity contribution >= 4 is 18.5 Å². The van der Waals surface area contributed by atoms with Crippen LogP contribution >= 0.6 is 0 Å². The Kier molecular flexibility index (Phi) is 4.93. The van der Waals surface area contributed by atoms with Gasteiger partial charge in [0.05, 0.1) is 11.2 Å². The number of benzene rings is 1. The minimum Gasteiger partial charge on any atom is -0.399 e. The number of amides is 1. The van der Waals surface area contributed by atoms with Crippen molar-refractivity contribution in [1.82, 2.24) is 5.32 Å². The number of hydrogen-bond acceptors (Lipinski definition) is 3. The lowest BCUT2D eigenvalue weighted by atomic mass is 9.77. The predicted octanol–water partition coefficient (Wildman–Crippen LogP) is 2.68. The molecule has 1 aliphatic rings. The van der Waals surface area contributed by atoms with Gasteiger partial charge >= 0.3 is 7.12 Å². The molecule has 1 amide bonds. The van der Waals surface area contributed by atoms with Crippen LogP contribution in [0.15, 0.2) is 18.2 Å². The number of carbonyl (C=O) groups is 1. The van der Waals surface area contributed by atoms with Crippen LogP contribution in [0.25, 0.3) is 0 Å². The van der Waals surface area contributed by atoms with Crippen LogP contribution in [-0.4, -0.2) is 30.8 Å². The molecule has 0 aromatic heterocycles. The Morgan fingerprint density at radius 3 is 2.26 bits per heavy atom. The van der Waals surface area contributed by atoms with Crippen LogP contribution in [0, 0.1) is 12.8 Å². The summed E-state index contributed by atoms with van der Waals surface area (Å²) in [5, 5.41) is 2.97. The van der Waals surface area contributed by atoms with Crippen molar-refractivity contribution in [2.24, 2.45) is 5.92 Å². The van der Waals surface area contributed by atoms with Crippen molar-refractivity contribution in [3.63, 3.8) is 0 Å². The van der Waals surface area contributed by atoms with Gasteiger partial charge in [0.25, 0.3) is 5.91 Å². The maximum atomic E-state index is 12.4. The molecule has 1 heterocycles. The van der Waals surface area contributed by atoms with Crippen LogP contribution in [0.2, 0.25) is 0 Å². The van der Waals surface area contributed by atoms with E-state index in [-0.39, 0.29) is 17.1 Å². The second kappa shape index (κ2) is 6.29. The van der Waals surface area contributed by atoms with E-state index in [1.54, 1.807) is 0 Å².